The lowest BCUT2D eigenvalue weighted by molar-refractivity contribution is 0.0991. The van der Waals surface area contributed by atoms with E-state index in [9.17, 15) is 4.79 Å². The lowest BCUT2D eigenvalue weighted by Crippen LogP contribution is -2.08. The molecule has 1 aromatic heterocycles. The summed E-state index contributed by atoms with van der Waals surface area (Å²) in [5.74, 6) is -0.263. The first kappa shape index (κ1) is 10.3. The molecule has 1 heterocycles. The first-order valence-electron chi connectivity index (χ1n) is 4.28. The molecule has 72 valence electrons. The Morgan fingerprint density at radius 2 is 1.79 bits per heavy atom. The maximum atomic E-state index is 11.4. The number of ketones is 1. The largest absolute Gasteiger partial charge is 0.291 e. The minimum atomic E-state index is -0.263. The Morgan fingerprint density at radius 1 is 1.21 bits per heavy atom. The molecule has 0 aromatic carbocycles. The Morgan fingerprint density at radius 3 is 2.36 bits per heavy atom. The number of nitriles is 1. The van der Waals surface area contributed by atoms with Crippen molar-refractivity contribution in [3.05, 3.63) is 22.8 Å². The highest BCUT2D eigenvalue weighted by Gasteiger charge is 2.12. The summed E-state index contributed by atoms with van der Waals surface area (Å²) in [4.78, 5) is 19.7. The van der Waals surface area contributed by atoms with Crippen LogP contribution in [0, 0.1) is 32.1 Å². The zero-order valence-electron chi connectivity index (χ0n) is 8.46. The summed E-state index contributed by atoms with van der Waals surface area (Å²) in [7, 11) is 0. The maximum Gasteiger partial charge on any atom is 0.197 e. The molecule has 0 unspecified atom stereocenters. The second-order valence-corrected chi connectivity index (χ2v) is 3.09. The SMILES string of the molecule is Cc1nc(C)c(C(=O)CC#N)nc1C. The Hall–Kier alpha value is -1.76. The van der Waals surface area contributed by atoms with Gasteiger partial charge in [-0.15, -0.1) is 0 Å². The molecule has 0 saturated carbocycles. The molecule has 0 aliphatic heterocycles. The van der Waals surface area contributed by atoms with E-state index in [1.54, 1.807) is 13.8 Å². The molecule has 1 rings (SSSR count). The predicted molar refractivity (Wildman–Crippen MR) is 50.8 cm³/mol. The van der Waals surface area contributed by atoms with Crippen LogP contribution in [0.15, 0.2) is 0 Å². The average Bonchev–Trinajstić information content (AvgIpc) is 2.11. The summed E-state index contributed by atoms with van der Waals surface area (Å²) in [5.41, 5.74) is 2.45. The van der Waals surface area contributed by atoms with Gasteiger partial charge in [-0.3, -0.25) is 9.78 Å². The van der Waals surface area contributed by atoms with Crippen LogP contribution in [-0.2, 0) is 0 Å². The van der Waals surface area contributed by atoms with Gasteiger partial charge in [0.2, 0.25) is 0 Å². The minimum Gasteiger partial charge on any atom is -0.291 e. The van der Waals surface area contributed by atoms with Crippen molar-refractivity contribution in [1.29, 1.82) is 5.26 Å². The molecule has 1 aromatic rings. The molecule has 0 bridgehead atoms. The smallest absolute Gasteiger partial charge is 0.197 e. The van der Waals surface area contributed by atoms with Crippen molar-refractivity contribution >= 4 is 5.78 Å². The van der Waals surface area contributed by atoms with Gasteiger partial charge in [-0.1, -0.05) is 0 Å². The highest BCUT2D eigenvalue weighted by molar-refractivity contribution is 5.96. The average molecular weight is 189 g/mol. The fourth-order valence-corrected chi connectivity index (χ4v) is 1.13. The zero-order valence-corrected chi connectivity index (χ0v) is 8.46. The van der Waals surface area contributed by atoms with Gasteiger partial charge in [0.05, 0.1) is 23.2 Å². The molecular formula is C10H11N3O. The van der Waals surface area contributed by atoms with Crippen LogP contribution in [0.5, 0.6) is 0 Å². The highest BCUT2D eigenvalue weighted by atomic mass is 16.1. The van der Waals surface area contributed by atoms with Crippen molar-refractivity contribution in [2.75, 3.05) is 0 Å². The van der Waals surface area contributed by atoms with E-state index in [-0.39, 0.29) is 12.2 Å². The number of rotatable bonds is 2. The third kappa shape index (κ3) is 1.94. The summed E-state index contributed by atoms with van der Waals surface area (Å²) in [6, 6.07) is 1.81. The summed E-state index contributed by atoms with van der Waals surface area (Å²) in [6.45, 7) is 5.36. The van der Waals surface area contributed by atoms with Crippen LogP contribution in [0.25, 0.3) is 0 Å². The van der Waals surface area contributed by atoms with Crippen molar-refractivity contribution in [2.24, 2.45) is 0 Å². The molecular weight excluding hydrogens is 178 g/mol. The van der Waals surface area contributed by atoms with E-state index in [1.165, 1.54) is 0 Å². The van der Waals surface area contributed by atoms with Gasteiger partial charge in [0.25, 0.3) is 0 Å². The van der Waals surface area contributed by atoms with E-state index in [2.05, 4.69) is 9.97 Å². The third-order valence-corrected chi connectivity index (χ3v) is 1.98. The van der Waals surface area contributed by atoms with E-state index < -0.39 is 0 Å². The highest BCUT2D eigenvalue weighted by Crippen LogP contribution is 2.08. The van der Waals surface area contributed by atoms with Crippen molar-refractivity contribution in [2.45, 2.75) is 27.2 Å². The van der Waals surface area contributed by atoms with Crippen LogP contribution in [0.2, 0.25) is 0 Å². The van der Waals surface area contributed by atoms with Gasteiger partial charge in [-0.2, -0.15) is 5.26 Å². The standard InChI is InChI=1S/C10H11N3O/c1-6-7(2)13-10(8(3)12-6)9(14)4-5-11/h4H2,1-3H3. The van der Waals surface area contributed by atoms with Crippen molar-refractivity contribution in [3.63, 3.8) is 0 Å². The van der Waals surface area contributed by atoms with Gasteiger partial charge >= 0.3 is 0 Å². The number of hydrogen-bond donors (Lipinski definition) is 0. The number of Topliss-reactive ketones (excluding diaryl/α,β-unsaturated/α-hetero) is 1. The Balaban J connectivity index is 3.17. The van der Waals surface area contributed by atoms with Crippen LogP contribution in [0.4, 0.5) is 0 Å². The maximum absolute atomic E-state index is 11.4. The second-order valence-electron chi connectivity index (χ2n) is 3.09. The fourth-order valence-electron chi connectivity index (χ4n) is 1.13. The molecule has 0 atom stereocenters. The normalized spacial score (nSPS) is 9.57. The molecule has 14 heavy (non-hydrogen) atoms. The monoisotopic (exact) mass is 189 g/mol. The van der Waals surface area contributed by atoms with Crippen molar-refractivity contribution < 1.29 is 4.79 Å². The van der Waals surface area contributed by atoms with Crippen molar-refractivity contribution in [1.82, 2.24) is 9.97 Å². The number of carbonyl (C=O) groups is 1. The summed E-state index contributed by atoms with van der Waals surface area (Å²) >= 11 is 0. The van der Waals surface area contributed by atoms with Gasteiger partial charge in [0.15, 0.2) is 5.78 Å². The molecule has 4 nitrogen and oxygen atoms in total. The van der Waals surface area contributed by atoms with E-state index >= 15 is 0 Å². The summed E-state index contributed by atoms with van der Waals surface area (Å²) in [5, 5.41) is 8.39. The molecule has 0 N–H and O–H groups in total. The van der Waals surface area contributed by atoms with Gasteiger partial charge in [-0.25, -0.2) is 4.98 Å². The van der Waals surface area contributed by atoms with Crippen LogP contribution in [0.1, 0.15) is 34.0 Å². The molecule has 0 fully saturated rings. The van der Waals surface area contributed by atoms with E-state index in [4.69, 9.17) is 5.26 Å². The minimum absolute atomic E-state index is 0.141. The molecule has 0 radical (unpaired) electrons. The first-order chi connectivity index (χ1) is 6.56. The van der Waals surface area contributed by atoms with E-state index in [0.717, 1.165) is 11.4 Å². The quantitative estimate of drug-likeness (QED) is 0.661. The number of hydrogen-bond acceptors (Lipinski definition) is 4. The van der Waals surface area contributed by atoms with E-state index in [1.807, 2.05) is 13.0 Å². The predicted octanol–water partition coefficient (Wildman–Crippen LogP) is 1.50. The van der Waals surface area contributed by atoms with E-state index in [0.29, 0.717) is 11.4 Å². The van der Waals surface area contributed by atoms with Crippen LogP contribution >= 0.6 is 0 Å². The molecule has 0 spiro atoms. The molecule has 0 amide bonds. The molecule has 4 heteroatoms. The van der Waals surface area contributed by atoms with Gasteiger partial charge in [-0.05, 0) is 20.8 Å². The van der Waals surface area contributed by atoms with Crippen molar-refractivity contribution in [3.8, 4) is 6.07 Å². The van der Waals surface area contributed by atoms with Crippen LogP contribution < -0.4 is 0 Å². The molecule has 0 aliphatic rings. The Kier molecular flexibility index (Phi) is 2.92. The lowest BCUT2D eigenvalue weighted by atomic mass is 10.1. The number of carbonyl (C=O) groups excluding carboxylic acids is 1. The Bertz CT molecular complexity index is 418. The molecule has 0 saturated heterocycles. The fraction of sp³-hybridized carbons (Fsp3) is 0.400. The van der Waals surface area contributed by atoms with Gasteiger partial charge in [0.1, 0.15) is 12.1 Å². The van der Waals surface area contributed by atoms with Crippen LogP contribution in [-0.4, -0.2) is 15.8 Å². The topological polar surface area (TPSA) is 66.6 Å². The zero-order chi connectivity index (χ0) is 10.7. The summed E-state index contributed by atoms with van der Waals surface area (Å²) in [6.07, 6.45) is -0.141. The second kappa shape index (κ2) is 3.97. The Labute approximate surface area is 82.6 Å². The number of aryl methyl sites for hydroxylation is 3. The third-order valence-electron chi connectivity index (χ3n) is 1.98. The number of nitrogens with zero attached hydrogens (tertiary/aromatic N) is 3. The lowest BCUT2D eigenvalue weighted by Gasteiger charge is -2.04. The van der Waals surface area contributed by atoms with Gasteiger partial charge in [0, 0.05) is 0 Å². The first-order valence-corrected chi connectivity index (χ1v) is 4.28. The number of aromatic nitrogens is 2. The molecule has 0 aliphatic carbocycles. The summed E-state index contributed by atoms with van der Waals surface area (Å²) < 4.78 is 0. The van der Waals surface area contributed by atoms with Gasteiger partial charge < -0.3 is 0 Å². The van der Waals surface area contributed by atoms with Crippen LogP contribution in [0.3, 0.4) is 0 Å².